The summed E-state index contributed by atoms with van der Waals surface area (Å²) in [5, 5.41) is 9.31. The van der Waals surface area contributed by atoms with E-state index in [0.29, 0.717) is 22.8 Å². The van der Waals surface area contributed by atoms with Crippen molar-refractivity contribution in [3.63, 3.8) is 0 Å². The van der Waals surface area contributed by atoms with Gasteiger partial charge in [-0.05, 0) is 47.2 Å². The third-order valence-corrected chi connectivity index (χ3v) is 3.49. The molecule has 3 nitrogen and oxygen atoms in total. The highest BCUT2D eigenvalue weighted by atomic mass is 127. The summed E-state index contributed by atoms with van der Waals surface area (Å²) in [7, 11) is 0. The number of hydrogen-bond acceptors (Lipinski definition) is 3. The number of hydrogen-bond donors (Lipinski definition) is 0. The molecule has 0 aliphatic heterocycles. The Labute approximate surface area is 112 Å². The van der Waals surface area contributed by atoms with Crippen LogP contribution in [-0.4, -0.2) is 12.6 Å². The Bertz CT molecular complexity index is 454. The molecule has 1 aromatic rings. The molecule has 0 spiro atoms. The molecule has 16 heavy (non-hydrogen) atoms. The molecule has 0 heterocycles. The first-order valence-corrected chi connectivity index (χ1v) is 6.07. The second-order valence-electron chi connectivity index (χ2n) is 3.02. The summed E-state index contributed by atoms with van der Waals surface area (Å²) in [5.41, 5.74) is 1.12. The molecule has 0 amide bonds. The number of halogens is 2. The monoisotopic (exact) mass is 349 g/mol. The standard InChI is InChI=1S/C11H9ClINO2/c1-2-16-10(15)5-8-3-7(6-14)4-9(13)11(8)12/h3-4H,2,5H2,1H3. The van der Waals surface area contributed by atoms with Crippen LogP contribution in [0, 0.1) is 14.9 Å². The van der Waals surface area contributed by atoms with Crippen molar-refractivity contribution >= 4 is 40.2 Å². The van der Waals surface area contributed by atoms with E-state index in [9.17, 15) is 4.79 Å². The molecule has 0 atom stereocenters. The maximum Gasteiger partial charge on any atom is 0.310 e. The number of carbonyl (C=O) groups excluding carboxylic acids is 1. The largest absolute Gasteiger partial charge is 0.466 e. The zero-order valence-electron chi connectivity index (χ0n) is 8.59. The molecule has 0 radical (unpaired) electrons. The van der Waals surface area contributed by atoms with Gasteiger partial charge in [0.1, 0.15) is 0 Å². The molecule has 1 rings (SSSR count). The predicted octanol–water partition coefficient (Wildman–Crippen LogP) is 2.92. The molecular weight excluding hydrogens is 340 g/mol. The van der Waals surface area contributed by atoms with E-state index in [1.165, 1.54) is 0 Å². The lowest BCUT2D eigenvalue weighted by Crippen LogP contribution is -2.08. The maximum absolute atomic E-state index is 11.3. The van der Waals surface area contributed by atoms with Gasteiger partial charge in [-0.1, -0.05) is 11.6 Å². The third kappa shape index (κ3) is 3.35. The Balaban J connectivity index is 3.00. The summed E-state index contributed by atoms with van der Waals surface area (Å²) in [6, 6.07) is 5.32. The van der Waals surface area contributed by atoms with E-state index in [4.69, 9.17) is 21.6 Å². The Morgan fingerprint density at radius 3 is 2.88 bits per heavy atom. The van der Waals surface area contributed by atoms with E-state index < -0.39 is 0 Å². The fraction of sp³-hybridized carbons (Fsp3) is 0.273. The average molecular weight is 350 g/mol. The van der Waals surface area contributed by atoms with Gasteiger partial charge in [0, 0.05) is 3.57 Å². The van der Waals surface area contributed by atoms with E-state index in [1.807, 2.05) is 28.7 Å². The average Bonchev–Trinajstić information content (AvgIpc) is 2.24. The summed E-state index contributed by atoms with van der Waals surface area (Å²) in [5.74, 6) is -0.338. The molecule has 0 aliphatic carbocycles. The molecule has 0 unspecified atom stereocenters. The van der Waals surface area contributed by atoms with Gasteiger partial charge < -0.3 is 4.74 Å². The minimum atomic E-state index is -0.338. The Morgan fingerprint density at radius 2 is 2.31 bits per heavy atom. The first-order valence-electron chi connectivity index (χ1n) is 4.62. The van der Waals surface area contributed by atoms with Gasteiger partial charge in [0.05, 0.1) is 29.7 Å². The van der Waals surface area contributed by atoms with Crippen LogP contribution >= 0.6 is 34.2 Å². The lowest BCUT2D eigenvalue weighted by atomic mass is 10.1. The van der Waals surface area contributed by atoms with Crippen molar-refractivity contribution in [3.8, 4) is 6.07 Å². The van der Waals surface area contributed by atoms with E-state index in [1.54, 1.807) is 19.1 Å². The van der Waals surface area contributed by atoms with Crippen LogP contribution in [-0.2, 0) is 16.0 Å². The first kappa shape index (κ1) is 13.3. The zero-order chi connectivity index (χ0) is 12.1. The van der Waals surface area contributed by atoms with Crippen LogP contribution < -0.4 is 0 Å². The highest BCUT2D eigenvalue weighted by Gasteiger charge is 2.11. The van der Waals surface area contributed by atoms with E-state index in [2.05, 4.69) is 0 Å². The van der Waals surface area contributed by atoms with Crippen molar-refractivity contribution in [1.29, 1.82) is 5.26 Å². The fourth-order valence-electron chi connectivity index (χ4n) is 1.21. The maximum atomic E-state index is 11.3. The van der Waals surface area contributed by atoms with Crippen LogP contribution in [0.4, 0.5) is 0 Å². The van der Waals surface area contributed by atoms with Gasteiger partial charge >= 0.3 is 5.97 Å². The van der Waals surface area contributed by atoms with Crippen molar-refractivity contribution in [3.05, 3.63) is 31.9 Å². The van der Waals surface area contributed by atoms with E-state index >= 15 is 0 Å². The highest BCUT2D eigenvalue weighted by Crippen LogP contribution is 2.25. The van der Waals surface area contributed by atoms with Crippen LogP contribution in [0.2, 0.25) is 5.02 Å². The van der Waals surface area contributed by atoms with Gasteiger partial charge in [0.2, 0.25) is 0 Å². The van der Waals surface area contributed by atoms with E-state index in [-0.39, 0.29) is 12.4 Å². The summed E-state index contributed by atoms with van der Waals surface area (Å²) in [6.45, 7) is 2.08. The molecule has 0 fully saturated rings. The molecule has 0 N–H and O–H groups in total. The molecule has 0 saturated heterocycles. The first-order chi connectivity index (χ1) is 7.58. The molecule has 0 saturated carbocycles. The van der Waals surface area contributed by atoms with Crippen molar-refractivity contribution in [1.82, 2.24) is 0 Å². The molecule has 84 valence electrons. The quantitative estimate of drug-likeness (QED) is 0.623. The van der Waals surface area contributed by atoms with Crippen LogP contribution in [0.25, 0.3) is 0 Å². The number of nitriles is 1. The summed E-state index contributed by atoms with van der Waals surface area (Å²) >= 11 is 8.07. The lowest BCUT2D eigenvalue weighted by Gasteiger charge is -2.06. The van der Waals surface area contributed by atoms with Gasteiger partial charge in [-0.3, -0.25) is 4.79 Å². The van der Waals surface area contributed by atoms with Crippen LogP contribution in [0.3, 0.4) is 0 Å². The van der Waals surface area contributed by atoms with Crippen LogP contribution in [0.1, 0.15) is 18.1 Å². The molecule has 5 heteroatoms. The Kier molecular flexibility index (Phi) is 5.03. The van der Waals surface area contributed by atoms with Crippen molar-refractivity contribution in [2.75, 3.05) is 6.61 Å². The summed E-state index contributed by atoms with van der Waals surface area (Å²) < 4.78 is 5.59. The minimum absolute atomic E-state index is 0.0954. The highest BCUT2D eigenvalue weighted by molar-refractivity contribution is 14.1. The summed E-state index contributed by atoms with van der Waals surface area (Å²) in [6.07, 6.45) is 0.0954. The zero-order valence-corrected chi connectivity index (χ0v) is 11.5. The van der Waals surface area contributed by atoms with E-state index in [0.717, 1.165) is 3.57 Å². The van der Waals surface area contributed by atoms with Gasteiger partial charge in [-0.15, -0.1) is 0 Å². The second-order valence-corrected chi connectivity index (χ2v) is 4.56. The number of rotatable bonds is 3. The number of carbonyl (C=O) groups is 1. The SMILES string of the molecule is CCOC(=O)Cc1cc(C#N)cc(I)c1Cl. The van der Waals surface area contributed by atoms with Crippen LogP contribution in [0.15, 0.2) is 12.1 Å². The number of benzene rings is 1. The Hall–Kier alpha value is -0.800. The topological polar surface area (TPSA) is 50.1 Å². The molecule has 0 bridgehead atoms. The minimum Gasteiger partial charge on any atom is -0.466 e. The van der Waals surface area contributed by atoms with Gasteiger partial charge in [0.15, 0.2) is 0 Å². The van der Waals surface area contributed by atoms with Crippen molar-refractivity contribution in [2.24, 2.45) is 0 Å². The molecule has 1 aromatic carbocycles. The summed E-state index contributed by atoms with van der Waals surface area (Å²) in [4.78, 5) is 11.3. The number of nitrogens with zero attached hydrogens (tertiary/aromatic N) is 1. The normalized spacial score (nSPS) is 9.62. The lowest BCUT2D eigenvalue weighted by molar-refractivity contribution is -0.142. The molecule has 0 aliphatic rings. The van der Waals surface area contributed by atoms with Crippen molar-refractivity contribution in [2.45, 2.75) is 13.3 Å². The number of ether oxygens (including phenoxy) is 1. The fourth-order valence-corrected chi connectivity index (χ4v) is 2.06. The second kappa shape index (κ2) is 6.06. The van der Waals surface area contributed by atoms with Gasteiger partial charge in [0.25, 0.3) is 0 Å². The van der Waals surface area contributed by atoms with Gasteiger partial charge in [-0.2, -0.15) is 5.26 Å². The van der Waals surface area contributed by atoms with Crippen molar-refractivity contribution < 1.29 is 9.53 Å². The third-order valence-electron chi connectivity index (χ3n) is 1.87. The predicted molar refractivity (Wildman–Crippen MR) is 69.2 cm³/mol. The molecule has 0 aromatic heterocycles. The number of esters is 1. The molecular formula is C11H9ClINO2. The smallest absolute Gasteiger partial charge is 0.310 e. The van der Waals surface area contributed by atoms with Gasteiger partial charge in [-0.25, -0.2) is 0 Å². The van der Waals surface area contributed by atoms with Crippen LogP contribution in [0.5, 0.6) is 0 Å². The Morgan fingerprint density at radius 1 is 1.62 bits per heavy atom.